The standard InChI is InChI=1S/C23H19Cl2N3O2S/c1-29-19-9-11-20(12-10-19)30-14-22-26-27-23(28(22)18-5-3-2-4-6-18)31-15-16-7-8-17(24)13-21(16)25/h2-13H,14-15H2,1H3. The molecule has 0 aliphatic rings. The van der Waals surface area contributed by atoms with Gasteiger partial charge in [0.25, 0.3) is 0 Å². The number of hydrogen-bond donors (Lipinski definition) is 0. The molecule has 8 heteroatoms. The first-order chi connectivity index (χ1) is 15.1. The maximum atomic E-state index is 6.33. The zero-order chi connectivity index (χ0) is 21.6. The van der Waals surface area contributed by atoms with Crippen LogP contribution in [0.3, 0.4) is 0 Å². The summed E-state index contributed by atoms with van der Waals surface area (Å²) in [5.41, 5.74) is 1.94. The molecule has 0 saturated carbocycles. The molecule has 4 aromatic rings. The molecule has 0 radical (unpaired) electrons. The molecule has 3 aromatic carbocycles. The molecule has 1 heterocycles. The second-order valence-corrected chi connectivity index (χ2v) is 8.34. The van der Waals surface area contributed by atoms with Crippen LogP contribution in [-0.2, 0) is 12.4 Å². The number of nitrogens with zero attached hydrogens (tertiary/aromatic N) is 3. The quantitative estimate of drug-likeness (QED) is 0.276. The minimum atomic E-state index is 0.274. The van der Waals surface area contributed by atoms with Gasteiger partial charge in [0.05, 0.1) is 7.11 Å². The van der Waals surface area contributed by atoms with Crippen LogP contribution in [0.4, 0.5) is 0 Å². The van der Waals surface area contributed by atoms with Crippen molar-refractivity contribution in [2.75, 3.05) is 7.11 Å². The van der Waals surface area contributed by atoms with E-state index in [0.29, 0.717) is 21.6 Å². The molecule has 0 aliphatic heterocycles. The zero-order valence-electron chi connectivity index (χ0n) is 16.7. The van der Waals surface area contributed by atoms with Gasteiger partial charge in [-0.2, -0.15) is 0 Å². The highest BCUT2D eigenvalue weighted by molar-refractivity contribution is 7.98. The minimum absolute atomic E-state index is 0.274. The Morgan fingerprint density at radius 1 is 0.903 bits per heavy atom. The van der Waals surface area contributed by atoms with Gasteiger partial charge in [-0.15, -0.1) is 10.2 Å². The molecule has 0 amide bonds. The number of halogens is 2. The van der Waals surface area contributed by atoms with Crippen molar-refractivity contribution in [3.8, 4) is 17.2 Å². The van der Waals surface area contributed by atoms with Gasteiger partial charge < -0.3 is 9.47 Å². The lowest BCUT2D eigenvalue weighted by Gasteiger charge is -2.12. The van der Waals surface area contributed by atoms with Crippen molar-refractivity contribution >= 4 is 35.0 Å². The molecule has 0 saturated heterocycles. The fourth-order valence-corrected chi connectivity index (χ4v) is 4.45. The van der Waals surface area contributed by atoms with Gasteiger partial charge >= 0.3 is 0 Å². The van der Waals surface area contributed by atoms with Crippen molar-refractivity contribution in [1.82, 2.24) is 14.8 Å². The number of rotatable bonds is 8. The average molecular weight is 472 g/mol. The van der Waals surface area contributed by atoms with Crippen LogP contribution in [0.15, 0.2) is 78.0 Å². The molecule has 0 atom stereocenters. The summed E-state index contributed by atoms with van der Waals surface area (Å²) in [5, 5.41) is 10.8. The molecule has 0 aliphatic carbocycles. The molecule has 31 heavy (non-hydrogen) atoms. The third kappa shape index (κ3) is 5.34. The van der Waals surface area contributed by atoms with E-state index in [1.807, 2.05) is 71.3 Å². The van der Waals surface area contributed by atoms with Crippen LogP contribution in [0.2, 0.25) is 10.0 Å². The number of hydrogen-bond acceptors (Lipinski definition) is 5. The van der Waals surface area contributed by atoms with Gasteiger partial charge in [-0.05, 0) is 54.1 Å². The number of para-hydroxylation sites is 1. The Morgan fingerprint density at radius 2 is 1.65 bits per heavy atom. The topological polar surface area (TPSA) is 49.2 Å². The zero-order valence-corrected chi connectivity index (χ0v) is 19.0. The van der Waals surface area contributed by atoms with Crippen LogP contribution in [0.5, 0.6) is 11.5 Å². The van der Waals surface area contributed by atoms with E-state index in [0.717, 1.165) is 27.9 Å². The van der Waals surface area contributed by atoms with E-state index >= 15 is 0 Å². The summed E-state index contributed by atoms with van der Waals surface area (Å²) in [6.45, 7) is 0.274. The predicted octanol–water partition coefficient (Wildman–Crippen LogP) is 6.45. The van der Waals surface area contributed by atoms with Gasteiger partial charge in [-0.25, -0.2) is 0 Å². The molecular weight excluding hydrogens is 453 g/mol. The van der Waals surface area contributed by atoms with Crippen LogP contribution < -0.4 is 9.47 Å². The van der Waals surface area contributed by atoms with Crippen molar-refractivity contribution in [3.63, 3.8) is 0 Å². The van der Waals surface area contributed by atoms with Crippen LogP contribution in [0.25, 0.3) is 5.69 Å². The molecule has 0 unspecified atom stereocenters. The fourth-order valence-electron chi connectivity index (χ4n) is 2.92. The van der Waals surface area contributed by atoms with Gasteiger partial charge in [0.15, 0.2) is 11.0 Å². The maximum Gasteiger partial charge on any atom is 0.196 e. The lowest BCUT2D eigenvalue weighted by molar-refractivity contribution is 0.292. The van der Waals surface area contributed by atoms with E-state index in [1.165, 1.54) is 0 Å². The third-order valence-electron chi connectivity index (χ3n) is 4.51. The summed E-state index contributed by atoms with van der Waals surface area (Å²) in [4.78, 5) is 0. The Kier molecular flexibility index (Phi) is 7.02. The van der Waals surface area contributed by atoms with Crippen molar-refractivity contribution in [2.45, 2.75) is 17.5 Å². The van der Waals surface area contributed by atoms with E-state index in [4.69, 9.17) is 32.7 Å². The Morgan fingerprint density at radius 3 is 2.35 bits per heavy atom. The van der Waals surface area contributed by atoms with Crippen LogP contribution in [0, 0.1) is 0 Å². The summed E-state index contributed by atoms with van der Waals surface area (Å²) in [5.74, 6) is 2.84. The largest absolute Gasteiger partial charge is 0.497 e. The number of benzene rings is 3. The van der Waals surface area contributed by atoms with Gasteiger partial charge in [0, 0.05) is 21.5 Å². The van der Waals surface area contributed by atoms with Gasteiger partial charge in [-0.1, -0.05) is 59.2 Å². The molecular formula is C23H19Cl2N3O2S. The summed E-state index contributed by atoms with van der Waals surface area (Å²) >= 11 is 13.9. The number of methoxy groups -OCH3 is 1. The number of thioether (sulfide) groups is 1. The van der Waals surface area contributed by atoms with E-state index in [2.05, 4.69) is 10.2 Å². The molecule has 158 valence electrons. The number of aromatic nitrogens is 3. The highest BCUT2D eigenvalue weighted by atomic mass is 35.5. The van der Waals surface area contributed by atoms with E-state index < -0.39 is 0 Å². The van der Waals surface area contributed by atoms with Crippen molar-refractivity contribution in [2.24, 2.45) is 0 Å². The van der Waals surface area contributed by atoms with E-state index in [9.17, 15) is 0 Å². The first-order valence-corrected chi connectivity index (χ1v) is 11.2. The molecule has 0 N–H and O–H groups in total. The Bertz CT molecular complexity index is 1150. The predicted molar refractivity (Wildman–Crippen MR) is 125 cm³/mol. The molecule has 0 bridgehead atoms. The highest BCUT2D eigenvalue weighted by Crippen LogP contribution is 2.30. The Hall–Kier alpha value is -2.67. The van der Waals surface area contributed by atoms with Gasteiger partial charge in [0.1, 0.15) is 18.1 Å². The second-order valence-electron chi connectivity index (χ2n) is 6.56. The Labute approximate surface area is 194 Å². The number of ether oxygens (including phenoxy) is 2. The first kappa shape index (κ1) is 21.6. The summed E-state index contributed by atoms with van der Waals surface area (Å²) in [6.07, 6.45) is 0. The van der Waals surface area contributed by atoms with Crippen molar-refractivity contribution in [1.29, 1.82) is 0 Å². The monoisotopic (exact) mass is 471 g/mol. The average Bonchev–Trinajstić information content (AvgIpc) is 3.21. The third-order valence-corrected chi connectivity index (χ3v) is 6.08. The second kappa shape index (κ2) is 10.1. The SMILES string of the molecule is COc1ccc(OCc2nnc(SCc3ccc(Cl)cc3Cl)n2-c2ccccc2)cc1. The van der Waals surface area contributed by atoms with Gasteiger partial charge in [0.2, 0.25) is 0 Å². The molecule has 1 aromatic heterocycles. The van der Waals surface area contributed by atoms with Crippen LogP contribution in [0.1, 0.15) is 11.4 Å². The van der Waals surface area contributed by atoms with Crippen LogP contribution in [-0.4, -0.2) is 21.9 Å². The fraction of sp³-hybridized carbons (Fsp3) is 0.130. The Balaban J connectivity index is 1.56. The van der Waals surface area contributed by atoms with Crippen LogP contribution >= 0.6 is 35.0 Å². The smallest absolute Gasteiger partial charge is 0.196 e. The summed E-state index contributed by atoms with van der Waals surface area (Å²) in [7, 11) is 1.63. The lowest BCUT2D eigenvalue weighted by atomic mass is 10.2. The molecule has 0 spiro atoms. The lowest BCUT2D eigenvalue weighted by Crippen LogP contribution is -2.06. The first-order valence-electron chi connectivity index (χ1n) is 9.47. The normalized spacial score (nSPS) is 10.8. The summed E-state index contributed by atoms with van der Waals surface area (Å²) < 4.78 is 13.1. The molecule has 4 rings (SSSR count). The van der Waals surface area contributed by atoms with Crippen molar-refractivity contribution in [3.05, 3.63) is 94.2 Å². The van der Waals surface area contributed by atoms with Crippen molar-refractivity contribution < 1.29 is 9.47 Å². The molecule has 0 fully saturated rings. The van der Waals surface area contributed by atoms with Gasteiger partial charge in [-0.3, -0.25) is 4.57 Å². The minimum Gasteiger partial charge on any atom is -0.497 e. The summed E-state index contributed by atoms with van der Waals surface area (Å²) in [6, 6.07) is 22.9. The van der Waals surface area contributed by atoms with E-state index in [1.54, 1.807) is 24.9 Å². The highest BCUT2D eigenvalue weighted by Gasteiger charge is 2.16. The van der Waals surface area contributed by atoms with E-state index in [-0.39, 0.29) is 6.61 Å². The maximum absolute atomic E-state index is 6.33. The molecule has 5 nitrogen and oxygen atoms in total.